The number of halogens is 1. The fourth-order valence-corrected chi connectivity index (χ4v) is 3.36. The van der Waals surface area contributed by atoms with Crippen LogP contribution >= 0.6 is 0 Å². The lowest BCUT2D eigenvalue weighted by molar-refractivity contribution is 0.172. The lowest BCUT2D eigenvalue weighted by atomic mass is 10.2. The summed E-state index contributed by atoms with van der Waals surface area (Å²) in [4.78, 5) is 38.1. The minimum absolute atomic E-state index is 0.0116. The molecule has 0 fully saturated rings. The molecule has 1 aromatic heterocycles. The number of nitrogens with zero attached hydrogens (tertiary/aromatic N) is 2. The van der Waals surface area contributed by atoms with E-state index in [0.717, 1.165) is 0 Å². The van der Waals surface area contributed by atoms with Crippen LogP contribution < -0.4 is 20.8 Å². The van der Waals surface area contributed by atoms with Crippen LogP contribution in [0.3, 0.4) is 0 Å². The van der Waals surface area contributed by atoms with Gasteiger partial charge in [0, 0.05) is 25.7 Å². The molecule has 0 saturated carbocycles. The van der Waals surface area contributed by atoms with Crippen molar-refractivity contribution in [2.24, 2.45) is 0 Å². The molecule has 0 atom stereocenters. The van der Waals surface area contributed by atoms with Crippen molar-refractivity contribution in [2.45, 2.75) is 13.5 Å². The maximum Gasteiger partial charge on any atom is 0.422 e. The largest absolute Gasteiger partial charge is 0.422 e. The average Bonchev–Trinajstić information content (AvgIpc) is 2.73. The minimum atomic E-state index is -3.73. The average molecular weight is 465 g/mol. The van der Waals surface area contributed by atoms with Gasteiger partial charge in [-0.3, -0.25) is 9.52 Å². The molecule has 0 saturated heterocycles. The first-order chi connectivity index (χ1) is 15.0. The molecule has 1 amide bonds. The fourth-order valence-electron chi connectivity index (χ4n) is 2.72. The Bertz CT molecular complexity index is 1410. The summed E-state index contributed by atoms with van der Waals surface area (Å²) in [6, 6.07) is 7.84. The zero-order chi connectivity index (χ0) is 23.6. The number of fused-ring (bicyclic) bond motifs is 1. The van der Waals surface area contributed by atoms with Gasteiger partial charge in [0.25, 0.3) is 5.56 Å². The lowest BCUT2D eigenvalue weighted by Gasteiger charge is -2.12. The van der Waals surface area contributed by atoms with E-state index in [4.69, 9.17) is 9.15 Å². The molecule has 0 bridgehead atoms. The number of nitrogens with one attached hydrogen (secondary N) is 1. The molecule has 0 aliphatic heterocycles. The number of hydrogen-bond acceptors (Lipinski definition) is 7. The third-order valence-corrected chi connectivity index (χ3v) is 5.76. The zero-order valence-electron chi connectivity index (χ0n) is 17.4. The number of benzene rings is 2. The highest BCUT2D eigenvalue weighted by atomic mass is 32.2. The summed E-state index contributed by atoms with van der Waals surface area (Å²) in [5.74, 6) is -2.16. The Hall–Kier alpha value is -3.67. The molecule has 1 N–H and O–H groups in total. The highest BCUT2D eigenvalue weighted by Gasteiger charge is 2.17. The molecular weight excluding hydrogens is 445 g/mol. The minimum Gasteiger partial charge on any atom is -0.410 e. The smallest absolute Gasteiger partial charge is 0.410 e. The van der Waals surface area contributed by atoms with E-state index in [2.05, 4.69) is 4.72 Å². The topological polar surface area (TPSA) is 128 Å². The molecule has 0 aliphatic carbocycles. The van der Waals surface area contributed by atoms with E-state index in [0.29, 0.717) is 4.57 Å². The Labute approximate surface area is 181 Å². The third kappa shape index (κ3) is 4.80. The zero-order valence-corrected chi connectivity index (χ0v) is 18.2. The number of rotatable bonds is 6. The molecule has 10 nitrogen and oxygen atoms in total. The van der Waals surface area contributed by atoms with E-state index in [-0.39, 0.29) is 33.7 Å². The van der Waals surface area contributed by atoms with Crippen molar-refractivity contribution in [3.8, 4) is 5.75 Å². The van der Waals surface area contributed by atoms with Gasteiger partial charge in [-0.15, -0.1) is 0 Å². The number of aromatic nitrogens is 1. The second kappa shape index (κ2) is 8.83. The van der Waals surface area contributed by atoms with Gasteiger partial charge in [-0.05, 0) is 25.1 Å². The van der Waals surface area contributed by atoms with Gasteiger partial charge in [0.15, 0.2) is 5.82 Å². The first kappa shape index (κ1) is 23.0. The van der Waals surface area contributed by atoms with Gasteiger partial charge >= 0.3 is 11.8 Å². The van der Waals surface area contributed by atoms with E-state index in [1.54, 1.807) is 0 Å². The summed E-state index contributed by atoms with van der Waals surface area (Å²) < 4.78 is 51.3. The molecular formula is C20H20FN3O7S. The maximum absolute atomic E-state index is 14.8. The number of carbonyl (C=O) groups is 1. The summed E-state index contributed by atoms with van der Waals surface area (Å²) in [5.41, 5.74) is -1.24. The van der Waals surface area contributed by atoms with Crippen LogP contribution in [-0.2, 0) is 16.6 Å². The van der Waals surface area contributed by atoms with Gasteiger partial charge in [0.1, 0.15) is 11.3 Å². The molecule has 12 heteroatoms. The number of amides is 1. The van der Waals surface area contributed by atoms with Crippen LogP contribution in [0.15, 0.2) is 50.4 Å². The van der Waals surface area contributed by atoms with Crippen molar-refractivity contribution in [3.63, 3.8) is 0 Å². The molecule has 0 radical (unpaired) electrons. The Morgan fingerprint density at radius 1 is 1.22 bits per heavy atom. The van der Waals surface area contributed by atoms with E-state index >= 15 is 0 Å². The van der Waals surface area contributed by atoms with E-state index in [1.165, 1.54) is 62.3 Å². The van der Waals surface area contributed by atoms with Crippen LogP contribution in [0.1, 0.15) is 12.5 Å². The molecule has 0 spiro atoms. The number of carbonyl (C=O) groups excluding carboxylic acids is 1. The summed E-state index contributed by atoms with van der Waals surface area (Å²) in [7, 11) is -0.747. The second-order valence-electron chi connectivity index (χ2n) is 6.96. The van der Waals surface area contributed by atoms with Crippen molar-refractivity contribution in [2.75, 3.05) is 24.6 Å². The van der Waals surface area contributed by atoms with Gasteiger partial charge in [-0.2, -0.15) is 0 Å². The predicted molar refractivity (Wildman–Crippen MR) is 115 cm³/mol. The number of anilines is 1. The lowest BCUT2D eigenvalue weighted by Crippen LogP contribution is -2.33. The Morgan fingerprint density at radius 2 is 1.94 bits per heavy atom. The van der Waals surface area contributed by atoms with Crippen LogP contribution in [0.2, 0.25) is 0 Å². The maximum atomic E-state index is 14.8. The van der Waals surface area contributed by atoms with Crippen molar-refractivity contribution >= 4 is 32.8 Å². The van der Waals surface area contributed by atoms with Gasteiger partial charge in [-0.25, -0.2) is 27.0 Å². The second-order valence-corrected chi connectivity index (χ2v) is 8.97. The monoisotopic (exact) mass is 465 g/mol. The van der Waals surface area contributed by atoms with Crippen molar-refractivity contribution in [1.82, 2.24) is 9.47 Å². The summed E-state index contributed by atoms with van der Waals surface area (Å²) in [6.45, 7) is 0.915. The van der Waals surface area contributed by atoms with Crippen molar-refractivity contribution in [1.29, 1.82) is 0 Å². The Morgan fingerprint density at radius 3 is 2.59 bits per heavy atom. The number of hydrogen-bond donors (Lipinski definition) is 1. The van der Waals surface area contributed by atoms with E-state index < -0.39 is 39.8 Å². The van der Waals surface area contributed by atoms with Crippen LogP contribution in [-0.4, -0.2) is 43.8 Å². The van der Waals surface area contributed by atoms with Crippen LogP contribution in [0, 0.1) is 5.82 Å². The van der Waals surface area contributed by atoms with Gasteiger partial charge < -0.3 is 14.1 Å². The molecule has 3 aromatic rings. The van der Waals surface area contributed by atoms with Crippen molar-refractivity contribution < 1.29 is 26.8 Å². The molecule has 32 heavy (non-hydrogen) atoms. The predicted octanol–water partition coefficient (Wildman–Crippen LogP) is 1.96. The Kier molecular flexibility index (Phi) is 6.35. The summed E-state index contributed by atoms with van der Waals surface area (Å²) >= 11 is 0. The van der Waals surface area contributed by atoms with Gasteiger partial charge in [-0.1, -0.05) is 12.1 Å². The molecule has 0 aliphatic rings. The number of sulfonamides is 1. The van der Waals surface area contributed by atoms with E-state index in [9.17, 15) is 27.2 Å². The first-order valence-electron chi connectivity index (χ1n) is 9.37. The van der Waals surface area contributed by atoms with Gasteiger partial charge in [0.2, 0.25) is 10.0 Å². The van der Waals surface area contributed by atoms with E-state index in [1.807, 2.05) is 0 Å². The van der Waals surface area contributed by atoms with Crippen LogP contribution in [0.4, 0.5) is 14.9 Å². The molecule has 3 rings (SSSR count). The quantitative estimate of drug-likeness (QED) is 0.589. The Balaban J connectivity index is 1.99. The van der Waals surface area contributed by atoms with Crippen LogP contribution in [0.25, 0.3) is 11.0 Å². The SMILES string of the molecule is CCS(=O)(=O)Nc1cccc(Cn2c(=O)oc3cc(OC(=O)N(C)C)ccc3c2=O)c1F. The normalized spacial score (nSPS) is 11.4. The molecule has 170 valence electrons. The first-order valence-corrected chi connectivity index (χ1v) is 11.0. The highest BCUT2D eigenvalue weighted by Crippen LogP contribution is 2.21. The highest BCUT2D eigenvalue weighted by molar-refractivity contribution is 7.92. The molecule has 0 unspecified atom stereocenters. The van der Waals surface area contributed by atoms with Crippen molar-refractivity contribution in [3.05, 3.63) is 68.7 Å². The number of ether oxygens (including phenoxy) is 1. The standard InChI is InChI=1S/C20H20FN3O7S/c1-4-32(28,29)22-15-7-5-6-12(17(15)21)11-24-18(25)14-9-8-13(30-19(26)23(2)3)10-16(14)31-20(24)27/h5-10,22H,4,11H2,1-3H3. The molecule has 2 aromatic carbocycles. The molecule has 1 heterocycles. The summed E-state index contributed by atoms with van der Waals surface area (Å²) in [5, 5.41) is 0.0116. The fraction of sp³-hybridized carbons (Fsp3) is 0.250. The summed E-state index contributed by atoms with van der Waals surface area (Å²) in [6.07, 6.45) is -0.658. The third-order valence-electron chi connectivity index (χ3n) is 4.47. The van der Waals surface area contributed by atoms with Crippen LogP contribution in [0.5, 0.6) is 5.75 Å². The van der Waals surface area contributed by atoms with Gasteiger partial charge in [0.05, 0.1) is 23.4 Å².